The van der Waals surface area contributed by atoms with Gasteiger partial charge in [-0.1, -0.05) is 11.6 Å². The first-order valence-electron chi connectivity index (χ1n) is 6.02. The highest BCUT2D eigenvalue weighted by Gasteiger charge is 2.23. The second kappa shape index (κ2) is 5.85. The molecule has 3 nitrogen and oxygen atoms in total. The molecule has 0 aliphatic rings. The summed E-state index contributed by atoms with van der Waals surface area (Å²) in [7, 11) is 1.62. The van der Waals surface area contributed by atoms with E-state index in [2.05, 4.69) is 10.4 Å². The van der Waals surface area contributed by atoms with Crippen molar-refractivity contribution >= 4 is 11.6 Å². The van der Waals surface area contributed by atoms with Gasteiger partial charge in [-0.25, -0.2) is 13.2 Å². The van der Waals surface area contributed by atoms with Crippen molar-refractivity contribution in [2.75, 3.05) is 7.05 Å². The van der Waals surface area contributed by atoms with Gasteiger partial charge in [0.1, 0.15) is 0 Å². The predicted molar refractivity (Wildman–Crippen MR) is 70.1 cm³/mol. The van der Waals surface area contributed by atoms with E-state index in [9.17, 15) is 13.2 Å². The molecule has 0 radical (unpaired) electrons. The third kappa shape index (κ3) is 2.53. The monoisotopic (exact) mass is 303 g/mol. The molecular weight excluding hydrogens is 291 g/mol. The number of nitrogens with one attached hydrogen (secondary N) is 1. The quantitative estimate of drug-likeness (QED) is 0.879. The van der Waals surface area contributed by atoms with Crippen LogP contribution in [-0.4, -0.2) is 16.8 Å². The summed E-state index contributed by atoms with van der Waals surface area (Å²) in [5.41, 5.74) is 0.808. The average molecular weight is 304 g/mol. The summed E-state index contributed by atoms with van der Waals surface area (Å²) in [6, 6.07) is 1.31. The molecule has 108 valence electrons. The number of aromatic nitrogens is 2. The Balaban J connectivity index is 2.55. The maximum absolute atomic E-state index is 13.4. The Kier molecular flexibility index (Phi) is 4.35. The van der Waals surface area contributed by atoms with Gasteiger partial charge in [0.15, 0.2) is 17.5 Å². The summed E-state index contributed by atoms with van der Waals surface area (Å²) in [6.45, 7) is 2.41. The standard InChI is InChI=1S/C13H13ClF3N3/c1-3-20-13(8(14)6-19-20)12(18-2)7-4-9(15)11(17)10(16)5-7/h4-6,12,18H,3H2,1-2H3. The molecular formula is C13H13ClF3N3. The van der Waals surface area contributed by atoms with Crippen molar-refractivity contribution in [2.24, 2.45) is 0 Å². The van der Waals surface area contributed by atoms with Crippen LogP contribution in [0.2, 0.25) is 5.02 Å². The molecule has 1 unspecified atom stereocenters. The molecule has 0 aliphatic carbocycles. The maximum atomic E-state index is 13.4. The summed E-state index contributed by atoms with van der Waals surface area (Å²) in [5, 5.41) is 7.35. The van der Waals surface area contributed by atoms with E-state index in [1.807, 2.05) is 6.92 Å². The Labute approximate surface area is 119 Å². The van der Waals surface area contributed by atoms with E-state index in [1.165, 1.54) is 6.20 Å². The molecule has 0 saturated heterocycles. The van der Waals surface area contributed by atoms with Gasteiger partial charge in [-0.15, -0.1) is 0 Å². The summed E-state index contributed by atoms with van der Waals surface area (Å²) < 4.78 is 41.4. The number of nitrogens with zero attached hydrogens (tertiary/aromatic N) is 2. The predicted octanol–water partition coefficient (Wildman–Crippen LogP) is 3.28. The molecule has 2 rings (SSSR count). The Morgan fingerprint density at radius 3 is 2.40 bits per heavy atom. The van der Waals surface area contributed by atoms with E-state index in [4.69, 9.17) is 11.6 Å². The minimum absolute atomic E-state index is 0.237. The number of hydrogen-bond acceptors (Lipinski definition) is 2. The molecule has 0 fully saturated rings. The summed E-state index contributed by atoms with van der Waals surface area (Å²) in [4.78, 5) is 0. The summed E-state index contributed by atoms with van der Waals surface area (Å²) >= 11 is 6.07. The molecule has 0 amide bonds. The smallest absolute Gasteiger partial charge is 0.194 e. The Morgan fingerprint density at radius 1 is 1.30 bits per heavy atom. The molecule has 0 bridgehead atoms. The normalized spacial score (nSPS) is 12.7. The van der Waals surface area contributed by atoms with Gasteiger partial charge in [-0.2, -0.15) is 5.10 Å². The van der Waals surface area contributed by atoms with E-state index >= 15 is 0 Å². The van der Waals surface area contributed by atoms with Crippen LogP contribution in [0.3, 0.4) is 0 Å². The van der Waals surface area contributed by atoms with Crippen LogP contribution in [0.15, 0.2) is 18.3 Å². The van der Waals surface area contributed by atoms with Crippen LogP contribution in [0.5, 0.6) is 0 Å². The highest BCUT2D eigenvalue weighted by atomic mass is 35.5. The fraction of sp³-hybridized carbons (Fsp3) is 0.308. The van der Waals surface area contributed by atoms with Gasteiger partial charge in [0, 0.05) is 6.54 Å². The van der Waals surface area contributed by atoms with Crippen molar-refractivity contribution in [1.82, 2.24) is 15.1 Å². The van der Waals surface area contributed by atoms with E-state index in [-0.39, 0.29) is 5.56 Å². The highest BCUT2D eigenvalue weighted by Crippen LogP contribution is 2.29. The van der Waals surface area contributed by atoms with Crippen LogP contribution in [0, 0.1) is 17.5 Å². The van der Waals surface area contributed by atoms with Gasteiger partial charge in [0.25, 0.3) is 0 Å². The van der Waals surface area contributed by atoms with Crippen LogP contribution in [0.1, 0.15) is 24.2 Å². The fourth-order valence-corrected chi connectivity index (χ4v) is 2.36. The second-order valence-electron chi connectivity index (χ2n) is 4.21. The van der Waals surface area contributed by atoms with Crippen LogP contribution in [0.25, 0.3) is 0 Å². The van der Waals surface area contributed by atoms with Gasteiger partial charge in [-0.3, -0.25) is 4.68 Å². The lowest BCUT2D eigenvalue weighted by Crippen LogP contribution is -2.22. The SMILES string of the molecule is CCn1ncc(Cl)c1C(NC)c1cc(F)c(F)c(F)c1. The topological polar surface area (TPSA) is 29.9 Å². The van der Waals surface area contributed by atoms with Crippen LogP contribution in [0.4, 0.5) is 13.2 Å². The Hall–Kier alpha value is -1.53. The molecule has 1 N–H and O–H groups in total. The molecule has 1 aromatic carbocycles. The molecule has 0 saturated carbocycles. The molecule has 1 heterocycles. The third-order valence-electron chi connectivity index (χ3n) is 3.03. The zero-order valence-corrected chi connectivity index (χ0v) is 11.7. The lowest BCUT2D eigenvalue weighted by atomic mass is 10.0. The third-order valence-corrected chi connectivity index (χ3v) is 3.33. The number of rotatable bonds is 4. The van der Waals surface area contributed by atoms with Crippen LogP contribution < -0.4 is 5.32 Å². The van der Waals surface area contributed by atoms with E-state index in [0.29, 0.717) is 17.3 Å². The first-order valence-corrected chi connectivity index (χ1v) is 6.40. The van der Waals surface area contributed by atoms with Crippen molar-refractivity contribution in [3.8, 4) is 0 Å². The molecule has 1 aromatic heterocycles. The number of hydrogen-bond donors (Lipinski definition) is 1. The number of benzene rings is 1. The molecule has 20 heavy (non-hydrogen) atoms. The lowest BCUT2D eigenvalue weighted by Gasteiger charge is -2.19. The lowest BCUT2D eigenvalue weighted by molar-refractivity contribution is 0.442. The number of halogens is 4. The minimum atomic E-state index is -1.49. The van der Waals surface area contributed by atoms with E-state index in [0.717, 1.165) is 12.1 Å². The second-order valence-corrected chi connectivity index (χ2v) is 4.62. The number of aryl methyl sites for hydroxylation is 1. The average Bonchev–Trinajstić information content (AvgIpc) is 2.78. The molecule has 0 spiro atoms. The highest BCUT2D eigenvalue weighted by molar-refractivity contribution is 6.31. The molecule has 7 heteroatoms. The molecule has 1 atom stereocenters. The van der Waals surface area contributed by atoms with Crippen LogP contribution in [-0.2, 0) is 6.54 Å². The summed E-state index contributed by atoms with van der Waals surface area (Å²) in [6.07, 6.45) is 1.46. The zero-order valence-electron chi connectivity index (χ0n) is 10.9. The van der Waals surface area contributed by atoms with Crippen LogP contribution >= 0.6 is 11.6 Å². The Morgan fingerprint density at radius 2 is 1.90 bits per heavy atom. The van der Waals surface area contributed by atoms with E-state index in [1.54, 1.807) is 11.7 Å². The van der Waals surface area contributed by atoms with Crippen molar-refractivity contribution in [3.63, 3.8) is 0 Å². The molecule has 0 aliphatic heterocycles. The summed E-state index contributed by atoms with van der Waals surface area (Å²) in [5.74, 6) is -3.96. The minimum Gasteiger partial charge on any atom is -0.308 e. The van der Waals surface area contributed by atoms with Crippen molar-refractivity contribution in [2.45, 2.75) is 19.5 Å². The first-order chi connectivity index (χ1) is 9.49. The van der Waals surface area contributed by atoms with Crippen molar-refractivity contribution in [1.29, 1.82) is 0 Å². The van der Waals surface area contributed by atoms with Gasteiger partial charge in [-0.05, 0) is 31.7 Å². The molecule has 2 aromatic rings. The van der Waals surface area contributed by atoms with Crippen molar-refractivity contribution in [3.05, 3.63) is 52.1 Å². The zero-order chi connectivity index (χ0) is 14.9. The Bertz CT molecular complexity index is 604. The van der Waals surface area contributed by atoms with Gasteiger partial charge >= 0.3 is 0 Å². The van der Waals surface area contributed by atoms with Gasteiger partial charge in [0.2, 0.25) is 0 Å². The first kappa shape index (κ1) is 14.9. The van der Waals surface area contributed by atoms with Gasteiger partial charge < -0.3 is 5.32 Å². The maximum Gasteiger partial charge on any atom is 0.194 e. The van der Waals surface area contributed by atoms with Gasteiger partial charge in [0.05, 0.1) is 23.0 Å². The van der Waals surface area contributed by atoms with E-state index < -0.39 is 23.5 Å². The van der Waals surface area contributed by atoms with Crippen molar-refractivity contribution < 1.29 is 13.2 Å². The largest absolute Gasteiger partial charge is 0.308 e. The fourth-order valence-electron chi connectivity index (χ4n) is 2.11.